The maximum atomic E-state index is 11.1. The second-order valence-electron chi connectivity index (χ2n) is 2.69. The lowest BCUT2D eigenvalue weighted by molar-refractivity contribution is 0.0601. The first-order chi connectivity index (χ1) is 7.17. The van der Waals surface area contributed by atoms with Crippen LogP contribution in [-0.2, 0) is 9.47 Å². The molecular formula is C10H11NO3S. The highest BCUT2D eigenvalue weighted by Crippen LogP contribution is 2.10. The Bertz CT molecular complexity index is 361. The summed E-state index contributed by atoms with van der Waals surface area (Å²) in [6.45, 7) is 0. The van der Waals surface area contributed by atoms with E-state index in [4.69, 9.17) is 17.0 Å². The van der Waals surface area contributed by atoms with Gasteiger partial charge in [-0.2, -0.15) is 0 Å². The fourth-order valence-corrected chi connectivity index (χ4v) is 1.09. The molecule has 0 amide bonds. The van der Waals surface area contributed by atoms with Crippen molar-refractivity contribution in [3.8, 4) is 0 Å². The quantitative estimate of drug-likeness (QED) is 0.614. The molecule has 0 saturated carbocycles. The zero-order chi connectivity index (χ0) is 11.3. The second kappa shape index (κ2) is 5.31. The van der Waals surface area contributed by atoms with E-state index in [2.05, 4.69) is 10.1 Å². The van der Waals surface area contributed by atoms with Crippen molar-refractivity contribution in [2.24, 2.45) is 0 Å². The molecule has 15 heavy (non-hydrogen) atoms. The third-order valence-electron chi connectivity index (χ3n) is 1.74. The summed E-state index contributed by atoms with van der Waals surface area (Å²) in [5, 5.41) is 3.11. The van der Waals surface area contributed by atoms with Crippen LogP contribution in [0, 0.1) is 0 Å². The van der Waals surface area contributed by atoms with Crippen LogP contribution in [0.3, 0.4) is 0 Å². The predicted octanol–water partition coefficient (Wildman–Crippen LogP) is 1.82. The topological polar surface area (TPSA) is 47.6 Å². The van der Waals surface area contributed by atoms with E-state index in [9.17, 15) is 4.79 Å². The predicted molar refractivity (Wildman–Crippen MR) is 61.0 cm³/mol. The number of methoxy groups -OCH3 is 2. The monoisotopic (exact) mass is 225 g/mol. The zero-order valence-corrected chi connectivity index (χ0v) is 9.26. The lowest BCUT2D eigenvalue weighted by Gasteiger charge is -2.06. The summed E-state index contributed by atoms with van der Waals surface area (Å²) in [7, 11) is 2.83. The summed E-state index contributed by atoms with van der Waals surface area (Å²) in [4.78, 5) is 11.1. The molecule has 1 aromatic rings. The normalized spacial score (nSPS) is 9.20. The van der Waals surface area contributed by atoms with Crippen molar-refractivity contribution in [1.82, 2.24) is 0 Å². The molecule has 0 aromatic heterocycles. The summed E-state index contributed by atoms with van der Waals surface area (Å²) < 4.78 is 9.35. The van der Waals surface area contributed by atoms with Crippen LogP contribution in [-0.4, -0.2) is 25.4 Å². The molecule has 0 aliphatic rings. The molecule has 0 aliphatic heterocycles. The van der Waals surface area contributed by atoms with Crippen LogP contribution >= 0.6 is 12.2 Å². The number of thiocarbonyl (C=S) groups is 1. The van der Waals surface area contributed by atoms with Crippen molar-refractivity contribution in [2.75, 3.05) is 19.5 Å². The number of anilines is 1. The molecule has 0 aliphatic carbocycles. The molecule has 0 atom stereocenters. The Morgan fingerprint density at radius 2 is 1.80 bits per heavy atom. The van der Waals surface area contributed by atoms with Crippen molar-refractivity contribution in [3.05, 3.63) is 29.8 Å². The van der Waals surface area contributed by atoms with Crippen LogP contribution in [0.15, 0.2) is 24.3 Å². The molecule has 0 fully saturated rings. The van der Waals surface area contributed by atoms with Crippen LogP contribution in [0.5, 0.6) is 0 Å². The standard InChI is InChI=1S/C10H11NO3S/c1-13-9(12)7-3-5-8(6-4-7)11-10(15)14-2/h3-6H,1-2H3,(H,11,15). The van der Waals surface area contributed by atoms with Crippen molar-refractivity contribution in [3.63, 3.8) is 0 Å². The summed E-state index contributed by atoms with van der Waals surface area (Å²) in [6, 6.07) is 6.73. The highest BCUT2D eigenvalue weighted by Gasteiger charge is 2.04. The highest BCUT2D eigenvalue weighted by molar-refractivity contribution is 7.80. The van der Waals surface area contributed by atoms with Gasteiger partial charge >= 0.3 is 5.97 Å². The lowest BCUT2D eigenvalue weighted by atomic mass is 10.2. The fourth-order valence-electron chi connectivity index (χ4n) is 0.976. The lowest BCUT2D eigenvalue weighted by Crippen LogP contribution is -2.10. The van der Waals surface area contributed by atoms with Gasteiger partial charge in [0.1, 0.15) is 0 Å². The number of hydrogen-bond acceptors (Lipinski definition) is 4. The third kappa shape index (κ3) is 3.21. The molecule has 1 N–H and O–H groups in total. The Morgan fingerprint density at radius 1 is 1.20 bits per heavy atom. The van der Waals surface area contributed by atoms with Gasteiger partial charge in [0.05, 0.1) is 19.8 Å². The number of esters is 1. The van der Waals surface area contributed by atoms with Gasteiger partial charge in [0.25, 0.3) is 5.17 Å². The summed E-state index contributed by atoms with van der Waals surface area (Å²) in [5.74, 6) is -0.365. The average Bonchev–Trinajstić information content (AvgIpc) is 2.29. The Balaban J connectivity index is 2.72. The van der Waals surface area contributed by atoms with Crippen LogP contribution in [0.4, 0.5) is 5.69 Å². The van der Waals surface area contributed by atoms with Gasteiger partial charge in [0, 0.05) is 5.69 Å². The van der Waals surface area contributed by atoms with E-state index in [1.807, 2.05) is 0 Å². The van der Waals surface area contributed by atoms with Gasteiger partial charge in [0.15, 0.2) is 0 Å². The van der Waals surface area contributed by atoms with E-state index in [0.29, 0.717) is 5.56 Å². The molecule has 0 unspecified atom stereocenters. The Hall–Kier alpha value is -1.62. The molecule has 0 heterocycles. The minimum Gasteiger partial charge on any atom is -0.474 e. The van der Waals surface area contributed by atoms with Gasteiger partial charge in [-0.1, -0.05) is 0 Å². The van der Waals surface area contributed by atoms with E-state index in [1.165, 1.54) is 14.2 Å². The first-order valence-electron chi connectivity index (χ1n) is 4.20. The van der Waals surface area contributed by atoms with Crippen molar-refractivity contribution in [2.45, 2.75) is 0 Å². The first-order valence-corrected chi connectivity index (χ1v) is 4.61. The number of rotatable bonds is 2. The van der Waals surface area contributed by atoms with Gasteiger partial charge in [-0.15, -0.1) is 0 Å². The summed E-state index contributed by atoms with van der Waals surface area (Å²) in [5.41, 5.74) is 1.25. The molecular weight excluding hydrogens is 214 g/mol. The summed E-state index contributed by atoms with van der Waals surface area (Å²) >= 11 is 4.82. The molecule has 0 bridgehead atoms. The highest BCUT2D eigenvalue weighted by atomic mass is 32.1. The van der Waals surface area contributed by atoms with E-state index in [-0.39, 0.29) is 11.1 Å². The van der Waals surface area contributed by atoms with Crippen LogP contribution in [0.1, 0.15) is 10.4 Å². The Kier molecular flexibility index (Phi) is 4.05. The minimum absolute atomic E-state index is 0.279. The number of ether oxygens (including phenoxy) is 2. The molecule has 80 valence electrons. The molecule has 5 heteroatoms. The van der Waals surface area contributed by atoms with Gasteiger partial charge < -0.3 is 14.8 Å². The van der Waals surface area contributed by atoms with Gasteiger partial charge in [0.2, 0.25) is 0 Å². The van der Waals surface area contributed by atoms with Gasteiger partial charge in [-0.05, 0) is 36.5 Å². The third-order valence-corrected chi connectivity index (χ3v) is 2.01. The molecule has 0 radical (unpaired) electrons. The number of carbonyl (C=O) groups is 1. The Labute approximate surface area is 93.2 Å². The van der Waals surface area contributed by atoms with E-state index >= 15 is 0 Å². The first kappa shape index (κ1) is 11.5. The molecule has 1 rings (SSSR count). The molecule has 0 saturated heterocycles. The average molecular weight is 225 g/mol. The van der Waals surface area contributed by atoms with E-state index in [0.717, 1.165) is 5.69 Å². The number of hydrogen-bond donors (Lipinski definition) is 1. The largest absolute Gasteiger partial charge is 0.474 e. The fraction of sp³-hybridized carbons (Fsp3) is 0.200. The molecule has 1 aromatic carbocycles. The minimum atomic E-state index is -0.365. The molecule has 4 nitrogen and oxygen atoms in total. The van der Waals surface area contributed by atoms with Gasteiger partial charge in [-0.3, -0.25) is 0 Å². The smallest absolute Gasteiger partial charge is 0.337 e. The number of benzene rings is 1. The molecule has 0 spiro atoms. The maximum absolute atomic E-state index is 11.1. The van der Waals surface area contributed by atoms with E-state index in [1.54, 1.807) is 24.3 Å². The van der Waals surface area contributed by atoms with E-state index < -0.39 is 0 Å². The van der Waals surface area contributed by atoms with Crippen LogP contribution in [0.2, 0.25) is 0 Å². The second-order valence-corrected chi connectivity index (χ2v) is 3.06. The van der Waals surface area contributed by atoms with Gasteiger partial charge in [-0.25, -0.2) is 4.79 Å². The van der Waals surface area contributed by atoms with Crippen molar-refractivity contribution >= 4 is 29.0 Å². The SMILES string of the molecule is COC(=O)c1ccc(NC(=S)OC)cc1. The van der Waals surface area contributed by atoms with Crippen molar-refractivity contribution < 1.29 is 14.3 Å². The zero-order valence-electron chi connectivity index (χ0n) is 8.44. The number of nitrogens with one attached hydrogen (secondary N) is 1. The Morgan fingerprint density at radius 3 is 2.27 bits per heavy atom. The van der Waals surface area contributed by atoms with Crippen molar-refractivity contribution in [1.29, 1.82) is 0 Å². The van der Waals surface area contributed by atoms with Crippen LogP contribution in [0.25, 0.3) is 0 Å². The number of carbonyl (C=O) groups excluding carboxylic acids is 1. The maximum Gasteiger partial charge on any atom is 0.337 e. The summed E-state index contributed by atoms with van der Waals surface area (Å²) in [6.07, 6.45) is 0. The van der Waals surface area contributed by atoms with Crippen LogP contribution < -0.4 is 5.32 Å².